The lowest BCUT2D eigenvalue weighted by Gasteiger charge is -2.47. The van der Waals surface area contributed by atoms with Crippen LogP contribution in [0.2, 0.25) is 23.7 Å². The zero-order valence-electron chi connectivity index (χ0n) is 29.4. The van der Waals surface area contributed by atoms with Crippen LogP contribution in [-0.2, 0) is 11.3 Å². The largest absolute Gasteiger partial charge is 0.376 e. The second-order valence-corrected chi connectivity index (χ2v) is 21.5. The summed E-state index contributed by atoms with van der Waals surface area (Å²) in [6.07, 6.45) is 27.3. The summed E-state index contributed by atoms with van der Waals surface area (Å²) in [6, 6.07) is 16.3. The van der Waals surface area contributed by atoms with Crippen LogP contribution in [-0.4, -0.2) is 26.3 Å². The van der Waals surface area contributed by atoms with Crippen molar-refractivity contribution < 1.29 is 9.13 Å². The fraction of sp³-hybridized carbons (Fsp3) is 0.535. The Morgan fingerprint density at radius 2 is 1.57 bits per heavy atom. The number of fused-ring (bicyclic) bond motifs is 6. The van der Waals surface area contributed by atoms with Gasteiger partial charge in [0, 0.05) is 42.3 Å². The Bertz CT molecular complexity index is 1550. The highest BCUT2D eigenvalue weighted by molar-refractivity contribution is 6.82. The molecule has 5 aliphatic rings. The minimum absolute atomic E-state index is 0.0555. The van der Waals surface area contributed by atoms with Crippen molar-refractivity contribution in [1.82, 2.24) is 0 Å². The van der Waals surface area contributed by atoms with Crippen molar-refractivity contribution in [2.24, 2.45) is 23.7 Å². The van der Waals surface area contributed by atoms with Gasteiger partial charge >= 0.3 is 0 Å². The van der Waals surface area contributed by atoms with E-state index in [2.05, 4.69) is 106 Å². The molecule has 4 aliphatic carbocycles. The Kier molecular flexibility index (Phi) is 9.30. The minimum Gasteiger partial charge on any atom is -0.376 e. The number of hydrogen-bond acceptors (Lipinski definition) is 2. The Balaban J connectivity index is 1.25. The summed E-state index contributed by atoms with van der Waals surface area (Å²) in [6.45, 7) is 13.1. The first kappa shape index (κ1) is 32.8. The van der Waals surface area contributed by atoms with Gasteiger partial charge in [-0.1, -0.05) is 123 Å². The number of benzene rings is 2. The Morgan fingerprint density at radius 1 is 0.851 bits per heavy atom. The first-order chi connectivity index (χ1) is 22.7. The van der Waals surface area contributed by atoms with Crippen LogP contribution in [0.4, 0.5) is 10.1 Å². The number of halogens is 1. The van der Waals surface area contributed by atoms with Gasteiger partial charge in [0.15, 0.2) is 0 Å². The van der Waals surface area contributed by atoms with Crippen molar-refractivity contribution in [2.75, 3.05) is 11.5 Å². The van der Waals surface area contributed by atoms with Crippen LogP contribution < -0.4 is 4.90 Å². The number of aryl methyl sites for hydroxylation is 1. The second kappa shape index (κ2) is 13.3. The van der Waals surface area contributed by atoms with Gasteiger partial charge in [0.25, 0.3) is 0 Å². The zero-order chi connectivity index (χ0) is 32.8. The van der Waals surface area contributed by atoms with Crippen LogP contribution in [0.5, 0.6) is 0 Å². The molecule has 2 aromatic rings. The maximum Gasteiger partial charge on any atom is 0.128 e. The smallest absolute Gasteiger partial charge is 0.128 e. The maximum absolute atomic E-state index is 15.2. The molecular formula is C43H56FNOSi. The summed E-state index contributed by atoms with van der Waals surface area (Å²) in [5.41, 5.74) is 6.45. The third kappa shape index (κ3) is 6.30. The van der Waals surface area contributed by atoms with Crippen molar-refractivity contribution in [2.45, 2.75) is 114 Å². The number of rotatable bonds is 11. The number of allylic oxidation sites excluding steroid dienone is 7. The average molecular weight is 650 g/mol. The second-order valence-electron chi connectivity index (χ2n) is 16.6. The summed E-state index contributed by atoms with van der Waals surface area (Å²) in [4.78, 5) is 2.63. The summed E-state index contributed by atoms with van der Waals surface area (Å²) in [5.74, 6) is 2.79. The maximum atomic E-state index is 15.2. The molecular weight excluding hydrogens is 594 g/mol. The van der Waals surface area contributed by atoms with E-state index in [9.17, 15) is 0 Å². The van der Waals surface area contributed by atoms with Crippen LogP contribution in [0.1, 0.15) is 81.9 Å². The van der Waals surface area contributed by atoms with E-state index in [1.807, 2.05) is 18.2 Å². The first-order valence-electron chi connectivity index (χ1n) is 18.6. The van der Waals surface area contributed by atoms with Gasteiger partial charge in [0.05, 0.1) is 13.7 Å². The third-order valence-electron chi connectivity index (χ3n) is 12.6. The molecule has 47 heavy (non-hydrogen) atoms. The molecule has 0 aromatic heterocycles. The van der Waals surface area contributed by atoms with Crippen LogP contribution in [0.25, 0.3) is 0 Å². The van der Waals surface area contributed by atoms with E-state index < -0.39 is 8.07 Å². The molecule has 0 saturated heterocycles. The SMILES string of the molecule is Cc1ccc2c(c1)C1C(C3C=CC=CC3C1[Si](C)(CCCCCCOC(C)(C)C)C1CCC3C=CC=CC31)N2Cc1ccccc1F. The molecule has 9 atom stereocenters. The monoisotopic (exact) mass is 649 g/mol. The molecule has 2 nitrogen and oxygen atoms in total. The fourth-order valence-corrected chi connectivity index (χ4v) is 17.4. The van der Waals surface area contributed by atoms with E-state index in [4.69, 9.17) is 4.74 Å². The first-order valence-corrected chi connectivity index (χ1v) is 21.5. The summed E-state index contributed by atoms with van der Waals surface area (Å²) >= 11 is 0. The van der Waals surface area contributed by atoms with Gasteiger partial charge in [0.2, 0.25) is 0 Å². The molecule has 7 rings (SSSR count). The van der Waals surface area contributed by atoms with E-state index in [0.29, 0.717) is 47.7 Å². The quantitative estimate of drug-likeness (QED) is 0.177. The van der Waals surface area contributed by atoms with Gasteiger partial charge in [-0.25, -0.2) is 4.39 Å². The Morgan fingerprint density at radius 3 is 2.36 bits per heavy atom. The van der Waals surface area contributed by atoms with Gasteiger partial charge < -0.3 is 9.64 Å². The Labute approximate surface area is 284 Å². The number of unbranched alkanes of at least 4 members (excludes halogenated alkanes) is 3. The number of hydrogen-bond donors (Lipinski definition) is 0. The summed E-state index contributed by atoms with van der Waals surface area (Å²) < 4.78 is 21.3. The van der Waals surface area contributed by atoms with E-state index in [-0.39, 0.29) is 11.4 Å². The van der Waals surface area contributed by atoms with Gasteiger partial charge in [-0.3, -0.25) is 0 Å². The van der Waals surface area contributed by atoms with Gasteiger partial charge in [-0.2, -0.15) is 0 Å². The third-order valence-corrected chi connectivity index (χ3v) is 18.7. The average Bonchev–Trinajstić information content (AvgIpc) is 3.72. The minimum atomic E-state index is -1.90. The number of ether oxygens (including phenoxy) is 1. The van der Waals surface area contributed by atoms with Crippen molar-refractivity contribution in [3.05, 3.63) is 114 Å². The fourth-order valence-electron chi connectivity index (χ4n) is 10.7. The molecule has 1 aliphatic heterocycles. The molecule has 0 N–H and O–H groups in total. The topological polar surface area (TPSA) is 12.5 Å². The van der Waals surface area contributed by atoms with Crippen molar-refractivity contribution >= 4 is 13.8 Å². The molecule has 4 heteroatoms. The van der Waals surface area contributed by atoms with Crippen molar-refractivity contribution in [1.29, 1.82) is 0 Å². The lowest BCUT2D eigenvalue weighted by Crippen LogP contribution is -2.47. The highest BCUT2D eigenvalue weighted by Crippen LogP contribution is 2.68. The highest BCUT2D eigenvalue weighted by Gasteiger charge is 2.63. The van der Waals surface area contributed by atoms with Gasteiger partial charge in [0.1, 0.15) is 5.82 Å². The molecule has 2 aromatic carbocycles. The molecule has 2 fully saturated rings. The predicted octanol–water partition coefficient (Wildman–Crippen LogP) is 11.3. The summed E-state index contributed by atoms with van der Waals surface area (Å²) in [5, 5.41) is 0. The molecule has 0 amide bonds. The standard InChI is InChI=1S/C43H56FNOSi/c1-30-22-24-38-36(28-30)40-41(45(38)29-32-17-9-13-21-37(32)44)34-19-11-12-20-35(34)42(40)47(5,27-15-7-6-14-26-46-43(2,3)4)39-25-23-31-16-8-10-18-33(31)39/h8-13,16-22,24,28,31,33-35,39-42H,6-7,14-15,23,25-27,29H2,1-5H3. The number of anilines is 1. The van der Waals surface area contributed by atoms with Crippen LogP contribution in [0.15, 0.2) is 91.1 Å². The molecule has 9 unspecified atom stereocenters. The van der Waals surface area contributed by atoms with Crippen molar-refractivity contribution in [3.8, 4) is 0 Å². The molecule has 0 spiro atoms. The van der Waals surface area contributed by atoms with Crippen LogP contribution in [0.3, 0.4) is 0 Å². The molecule has 2 saturated carbocycles. The Hall–Kier alpha value is -2.69. The molecule has 250 valence electrons. The van der Waals surface area contributed by atoms with Gasteiger partial charge in [-0.15, -0.1) is 0 Å². The van der Waals surface area contributed by atoms with E-state index in [1.54, 1.807) is 11.6 Å². The normalized spacial score (nSPS) is 31.5. The lowest BCUT2D eigenvalue weighted by molar-refractivity contribution is -0.00471. The van der Waals surface area contributed by atoms with E-state index >= 15 is 4.39 Å². The van der Waals surface area contributed by atoms with E-state index in [1.165, 1.54) is 49.4 Å². The molecule has 0 bridgehead atoms. The zero-order valence-corrected chi connectivity index (χ0v) is 30.4. The predicted molar refractivity (Wildman–Crippen MR) is 198 cm³/mol. The van der Waals surface area contributed by atoms with Crippen LogP contribution in [0, 0.1) is 36.4 Å². The van der Waals surface area contributed by atoms with Crippen LogP contribution >= 0.6 is 0 Å². The highest BCUT2D eigenvalue weighted by atomic mass is 28.3. The van der Waals surface area contributed by atoms with E-state index in [0.717, 1.165) is 24.1 Å². The van der Waals surface area contributed by atoms with Gasteiger partial charge in [-0.05, 0) is 87.1 Å². The summed E-state index contributed by atoms with van der Waals surface area (Å²) in [7, 11) is -1.90. The van der Waals surface area contributed by atoms with Crippen molar-refractivity contribution in [3.63, 3.8) is 0 Å². The molecule has 1 heterocycles. The molecule has 0 radical (unpaired) electrons. The number of nitrogens with zero attached hydrogens (tertiary/aromatic N) is 1. The lowest BCUT2D eigenvalue weighted by atomic mass is 9.89.